The highest BCUT2D eigenvalue weighted by Crippen LogP contribution is 2.28. The minimum Gasteiger partial charge on any atom is -0.342 e. The molecule has 0 aromatic carbocycles. The molecule has 4 heterocycles. The van der Waals surface area contributed by atoms with Gasteiger partial charge < -0.3 is 4.90 Å². The molecule has 0 radical (unpaired) electrons. The van der Waals surface area contributed by atoms with Crippen LogP contribution in [-0.2, 0) is 13.1 Å². The molecule has 2 aromatic heterocycles. The Hall–Kier alpha value is -2.15. The number of aromatic amines is 1. The summed E-state index contributed by atoms with van der Waals surface area (Å²) >= 11 is 0. The molecule has 2 fully saturated rings. The minimum atomic E-state index is -0.0229. The second-order valence-corrected chi connectivity index (χ2v) is 8.99. The predicted octanol–water partition coefficient (Wildman–Crippen LogP) is 3.36. The van der Waals surface area contributed by atoms with Crippen LogP contribution in [0.2, 0.25) is 0 Å². The summed E-state index contributed by atoms with van der Waals surface area (Å²) in [4.78, 5) is 25.0. The van der Waals surface area contributed by atoms with Gasteiger partial charge in [0.05, 0.1) is 11.4 Å². The van der Waals surface area contributed by atoms with Gasteiger partial charge in [0.1, 0.15) is 0 Å². The van der Waals surface area contributed by atoms with Crippen LogP contribution >= 0.6 is 0 Å². The SMILES string of the molecule is CCCn1nc(C)c(CN2CCC[C@@H](c3cc(=O)[nH]c(N4CCCCC4)n3)C2)c1C. The summed E-state index contributed by atoms with van der Waals surface area (Å²) in [5.74, 6) is 1.08. The predicted molar refractivity (Wildman–Crippen MR) is 120 cm³/mol. The number of anilines is 1. The number of hydrogen-bond donors (Lipinski definition) is 1. The van der Waals surface area contributed by atoms with E-state index in [0.29, 0.717) is 5.92 Å². The van der Waals surface area contributed by atoms with Crippen LogP contribution in [0.15, 0.2) is 10.9 Å². The molecule has 2 saturated heterocycles. The van der Waals surface area contributed by atoms with Gasteiger partial charge in [-0.25, -0.2) is 4.98 Å². The molecular formula is C23H36N6O. The fraction of sp³-hybridized carbons (Fsp3) is 0.696. The third kappa shape index (κ3) is 4.61. The number of rotatable bonds is 6. The highest BCUT2D eigenvalue weighted by Gasteiger charge is 2.25. The summed E-state index contributed by atoms with van der Waals surface area (Å²) in [5.41, 5.74) is 4.73. The van der Waals surface area contributed by atoms with E-state index in [2.05, 4.69) is 40.2 Å². The first-order valence-electron chi connectivity index (χ1n) is 11.7. The van der Waals surface area contributed by atoms with Gasteiger partial charge in [0.15, 0.2) is 0 Å². The molecule has 7 nitrogen and oxygen atoms in total. The van der Waals surface area contributed by atoms with Crippen molar-refractivity contribution < 1.29 is 0 Å². The molecule has 0 amide bonds. The zero-order chi connectivity index (χ0) is 21.1. The van der Waals surface area contributed by atoms with Crippen LogP contribution < -0.4 is 10.5 Å². The largest absolute Gasteiger partial charge is 0.342 e. The smallest absolute Gasteiger partial charge is 0.252 e. The molecule has 0 spiro atoms. The second kappa shape index (κ2) is 9.33. The highest BCUT2D eigenvalue weighted by molar-refractivity contribution is 5.32. The van der Waals surface area contributed by atoms with E-state index in [-0.39, 0.29) is 5.56 Å². The minimum absolute atomic E-state index is 0.0229. The quantitative estimate of drug-likeness (QED) is 0.788. The van der Waals surface area contributed by atoms with Crippen molar-refractivity contribution in [2.45, 2.75) is 78.3 Å². The molecule has 2 aliphatic heterocycles. The number of aromatic nitrogens is 4. The first-order chi connectivity index (χ1) is 14.5. The Bertz CT molecular complexity index is 911. The first kappa shape index (κ1) is 21.1. The maximum absolute atomic E-state index is 12.4. The van der Waals surface area contributed by atoms with Crippen molar-refractivity contribution in [3.05, 3.63) is 39.1 Å². The molecule has 2 aromatic rings. The lowest BCUT2D eigenvalue weighted by Gasteiger charge is -2.33. The maximum Gasteiger partial charge on any atom is 0.252 e. The maximum atomic E-state index is 12.4. The lowest BCUT2D eigenvalue weighted by atomic mass is 9.94. The Balaban J connectivity index is 1.49. The standard InChI is InChI=1S/C23H36N6O/c1-4-10-29-18(3)20(17(2)26-29)16-27-11-8-9-19(15-27)21-14-22(30)25-23(24-21)28-12-6-5-7-13-28/h14,19H,4-13,15-16H2,1-3H3,(H,24,25,30)/t19-/m1/s1. The van der Waals surface area contributed by atoms with Crippen LogP contribution in [0.25, 0.3) is 0 Å². The zero-order valence-electron chi connectivity index (χ0n) is 18.8. The lowest BCUT2D eigenvalue weighted by Crippen LogP contribution is -2.36. The third-order valence-corrected chi connectivity index (χ3v) is 6.68. The monoisotopic (exact) mass is 412 g/mol. The fourth-order valence-corrected chi connectivity index (χ4v) is 4.98. The molecule has 0 unspecified atom stereocenters. The summed E-state index contributed by atoms with van der Waals surface area (Å²) in [6.07, 6.45) is 6.95. The Kier molecular flexibility index (Phi) is 6.56. The molecule has 1 atom stereocenters. The van der Waals surface area contributed by atoms with Gasteiger partial charge in [0.25, 0.3) is 5.56 Å². The lowest BCUT2D eigenvalue weighted by molar-refractivity contribution is 0.197. The fourth-order valence-electron chi connectivity index (χ4n) is 4.98. The van der Waals surface area contributed by atoms with Gasteiger partial charge in [-0.2, -0.15) is 5.10 Å². The van der Waals surface area contributed by atoms with Gasteiger partial charge in [-0.1, -0.05) is 6.92 Å². The van der Waals surface area contributed by atoms with Crippen molar-refractivity contribution >= 4 is 5.95 Å². The van der Waals surface area contributed by atoms with Gasteiger partial charge in [-0.05, 0) is 58.9 Å². The van der Waals surface area contributed by atoms with Crippen molar-refractivity contribution in [1.29, 1.82) is 0 Å². The van der Waals surface area contributed by atoms with Gasteiger partial charge >= 0.3 is 0 Å². The van der Waals surface area contributed by atoms with Crippen molar-refractivity contribution in [2.24, 2.45) is 0 Å². The Morgan fingerprint density at radius 2 is 1.93 bits per heavy atom. The summed E-state index contributed by atoms with van der Waals surface area (Å²) in [6, 6.07) is 1.72. The third-order valence-electron chi connectivity index (χ3n) is 6.68. The van der Waals surface area contributed by atoms with E-state index in [1.165, 1.54) is 30.5 Å². The van der Waals surface area contributed by atoms with E-state index in [1.54, 1.807) is 6.07 Å². The van der Waals surface area contributed by atoms with Gasteiger partial charge in [0.2, 0.25) is 5.95 Å². The van der Waals surface area contributed by atoms with E-state index >= 15 is 0 Å². The van der Waals surface area contributed by atoms with Gasteiger partial charge in [-0.15, -0.1) is 0 Å². The van der Waals surface area contributed by atoms with Crippen LogP contribution in [0.3, 0.4) is 0 Å². The van der Waals surface area contributed by atoms with Crippen molar-refractivity contribution in [3.8, 4) is 0 Å². The number of nitrogens with one attached hydrogen (secondary N) is 1. The van der Waals surface area contributed by atoms with E-state index in [9.17, 15) is 4.79 Å². The number of H-pyrrole nitrogens is 1. The molecule has 30 heavy (non-hydrogen) atoms. The van der Waals surface area contributed by atoms with E-state index in [0.717, 1.165) is 75.9 Å². The molecule has 2 aliphatic rings. The van der Waals surface area contributed by atoms with Gasteiger partial charge in [-0.3, -0.25) is 19.4 Å². The van der Waals surface area contributed by atoms with E-state index in [4.69, 9.17) is 10.1 Å². The summed E-state index contributed by atoms with van der Waals surface area (Å²) in [5, 5.41) is 4.74. The summed E-state index contributed by atoms with van der Waals surface area (Å²) < 4.78 is 2.15. The van der Waals surface area contributed by atoms with Crippen LogP contribution in [-0.4, -0.2) is 50.8 Å². The number of nitrogens with zero attached hydrogens (tertiary/aromatic N) is 5. The van der Waals surface area contributed by atoms with Crippen LogP contribution in [0.4, 0.5) is 5.95 Å². The molecule has 4 rings (SSSR count). The van der Waals surface area contributed by atoms with Gasteiger partial charge in [0, 0.05) is 56.0 Å². The first-order valence-corrected chi connectivity index (χ1v) is 11.7. The Morgan fingerprint density at radius 3 is 2.70 bits per heavy atom. The molecule has 164 valence electrons. The van der Waals surface area contributed by atoms with E-state index < -0.39 is 0 Å². The molecular weight excluding hydrogens is 376 g/mol. The Labute approximate surface area is 179 Å². The van der Waals surface area contributed by atoms with Crippen LogP contribution in [0.1, 0.15) is 74.0 Å². The van der Waals surface area contributed by atoms with Crippen molar-refractivity contribution in [3.63, 3.8) is 0 Å². The number of aryl methyl sites for hydroxylation is 2. The normalized spacial score (nSPS) is 20.6. The molecule has 0 saturated carbocycles. The highest BCUT2D eigenvalue weighted by atomic mass is 16.1. The van der Waals surface area contributed by atoms with E-state index in [1.807, 2.05) is 0 Å². The summed E-state index contributed by atoms with van der Waals surface area (Å²) in [7, 11) is 0. The van der Waals surface area contributed by atoms with Crippen LogP contribution in [0, 0.1) is 13.8 Å². The zero-order valence-corrected chi connectivity index (χ0v) is 18.8. The molecule has 0 aliphatic carbocycles. The number of piperidine rings is 2. The van der Waals surface area contributed by atoms with Crippen molar-refractivity contribution in [1.82, 2.24) is 24.6 Å². The summed E-state index contributed by atoms with van der Waals surface area (Å²) in [6.45, 7) is 12.4. The molecule has 1 N–H and O–H groups in total. The Morgan fingerprint density at radius 1 is 1.13 bits per heavy atom. The molecule has 0 bridgehead atoms. The average molecular weight is 413 g/mol. The average Bonchev–Trinajstić information content (AvgIpc) is 3.02. The topological polar surface area (TPSA) is 70.1 Å². The molecule has 7 heteroatoms. The number of likely N-dealkylation sites (tertiary alicyclic amines) is 1. The van der Waals surface area contributed by atoms with Crippen LogP contribution in [0.5, 0.6) is 0 Å². The number of hydrogen-bond acceptors (Lipinski definition) is 5. The second-order valence-electron chi connectivity index (χ2n) is 8.99. The van der Waals surface area contributed by atoms with Crippen molar-refractivity contribution in [2.75, 3.05) is 31.1 Å².